The largest absolute Gasteiger partial charge is 0.439 e. The van der Waals surface area contributed by atoms with Gasteiger partial charge < -0.3 is 14.9 Å². The number of hydrogen-bond acceptors (Lipinski definition) is 6. The molecule has 0 saturated carbocycles. The van der Waals surface area contributed by atoms with Crippen LogP contribution >= 0.6 is 0 Å². The molecule has 21 heavy (non-hydrogen) atoms. The fraction of sp³-hybridized carbons (Fsp3) is 0.333. The van der Waals surface area contributed by atoms with Crippen LogP contribution < -0.4 is 16.0 Å². The van der Waals surface area contributed by atoms with E-state index in [0.717, 1.165) is 12.2 Å². The van der Waals surface area contributed by atoms with E-state index >= 15 is 0 Å². The molecule has 3 N–H and O–H groups in total. The predicted octanol–water partition coefficient (Wildman–Crippen LogP) is 2.65. The number of nitrogen functional groups attached to an aromatic ring is 1. The number of anilines is 1. The van der Waals surface area contributed by atoms with Gasteiger partial charge in [-0.15, -0.1) is 0 Å². The zero-order chi connectivity index (χ0) is 15.1. The number of hydrazine groups is 1. The van der Waals surface area contributed by atoms with Gasteiger partial charge in [0, 0.05) is 12.7 Å². The van der Waals surface area contributed by atoms with Gasteiger partial charge in [-0.1, -0.05) is 19.1 Å². The molecule has 112 valence electrons. The van der Waals surface area contributed by atoms with Crippen molar-refractivity contribution in [2.45, 2.75) is 26.9 Å². The normalized spacial score (nSPS) is 10.4. The number of benzene rings is 1. The monoisotopic (exact) mass is 288 g/mol. The Hall–Kier alpha value is -2.18. The molecule has 0 atom stereocenters. The lowest BCUT2D eigenvalue weighted by Gasteiger charge is -2.09. The molecule has 0 saturated heterocycles. The summed E-state index contributed by atoms with van der Waals surface area (Å²) in [6, 6.07) is 9.53. The number of nitrogens with one attached hydrogen (secondary N) is 1. The number of aryl methyl sites for hydroxylation is 1. The van der Waals surface area contributed by atoms with Crippen LogP contribution in [0.4, 0.5) is 5.82 Å². The molecule has 0 aliphatic rings. The Morgan fingerprint density at radius 2 is 2.05 bits per heavy atom. The van der Waals surface area contributed by atoms with E-state index < -0.39 is 0 Å². The molecule has 0 amide bonds. The highest BCUT2D eigenvalue weighted by Crippen LogP contribution is 2.22. The Kier molecular flexibility index (Phi) is 5.48. The maximum atomic E-state index is 5.78. The highest BCUT2D eigenvalue weighted by atomic mass is 16.5. The molecule has 1 aromatic heterocycles. The van der Waals surface area contributed by atoms with Gasteiger partial charge in [0.1, 0.15) is 18.2 Å². The maximum absolute atomic E-state index is 5.78. The molecule has 2 aromatic rings. The van der Waals surface area contributed by atoms with E-state index in [4.69, 9.17) is 15.3 Å². The minimum absolute atomic E-state index is 0.317. The first-order valence-electron chi connectivity index (χ1n) is 6.94. The van der Waals surface area contributed by atoms with Crippen LogP contribution in [0.15, 0.2) is 30.3 Å². The van der Waals surface area contributed by atoms with Gasteiger partial charge in [0.15, 0.2) is 5.82 Å². The van der Waals surface area contributed by atoms with Crippen molar-refractivity contribution in [2.24, 2.45) is 5.84 Å². The molecule has 6 nitrogen and oxygen atoms in total. The van der Waals surface area contributed by atoms with E-state index in [9.17, 15) is 0 Å². The third-order valence-electron chi connectivity index (χ3n) is 2.86. The van der Waals surface area contributed by atoms with Crippen molar-refractivity contribution in [3.05, 3.63) is 41.7 Å². The summed E-state index contributed by atoms with van der Waals surface area (Å²) in [5.74, 6) is 7.59. The minimum atomic E-state index is 0.317. The van der Waals surface area contributed by atoms with Crippen molar-refractivity contribution in [1.82, 2.24) is 9.97 Å². The van der Waals surface area contributed by atoms with E-state index in [0.29, 0.717) is 30.7 Å². The second-order valence-corrected chi connectivity index (χ2v) is 4.39. The first-order chi connectivity index (χ1) is 10.2. The second-order valence-electron chi connectivity index (χ2n) is 4.39. The third kappa shape index (κ3) is 4.40. The molecule has 0 spiro atoms. The number of aromatic nitrogens is 2. The second kappa shape index (κ2) is 7.56. The Morgan fingerprint density at radius 3 is 2.76 bits per heavy atom. The number of nitrogens with two attached hydrogens (primary N) is 1. The number of hydrogen-bond donors (Lipinski definition) is 2. The molecule has 0 radical (unpaired) electrons. The first kappa shape index (κ1) is 15.2. The summed E-state index contributed by atoms with van der Waals surface area (Å²) in [5.41, 5.74) is 3.71. The molecule has 2 rings (SSSR count). The van der Waals surface area contributed by atoms with Crippen molar-refractivity contribution in [1.29, 1.82) is 0 Å². The van der Waals surface area contributed by atoms with Crippen LogP contribution in [0.5, 0.6) is 11.6 Å². The van der Waals surface area contributed by atoms with Crippen LogP contribution in [0.25, 0.3) is 0 Å². The zero-order valence-corrected chi connectivity index (χ0v) is 12.3. The van der Waals surface area contributed by atoms with Gasteiger partial charge in [0.2, 0.25) is 5.88 Å². The third-order valence-corrected chi connectivity index (χ3v) is 2.86. The summed E-state index contributed by atoms with van der Waals surface area (Å²) >= 11 is 0. The van der Waals surface area contributed by atoms with Crippen molar-refractivity contribution in [3.63, 3.8) is 0 Å². The Morgan fingerprint density at radius 1 is 1.19 bits per heavy atom. The average molecular weight is 288 g/mol. The molecule has 1 aromatic carbocycles. The van der Waals surface area contributed by atoms with E-state index in [1.165, 1.54) is 5.56 Å². The molecule has 0 bridgehead atoms. The van der Waals surface area contributed by atoms with Crippen molar-refractivity contribution in [2.75, 3.05) is 12.0 Å². The van der Waals surface area contributed by atoms with Crippen LogP contribution in [0.3, 0.4) is 0 Å². The number of rotatable bonds is 7. The van der Waals surface area contributed by atoms with Gasteiger partial charge >= 0.3 is 0 Å². The summed E-state index contributed by atoms with van der Waals surface area (Å²) in [7, 11) is 0. The summed E-state index contributed by atoms with van der Waals surface area (Å²) in [6.45, 7) is 4.93. The van der Waals surface area contributed by atoms with Crippen molar-refractivity contribution >= 4 is 5.82 Å². The molecule has 6 heteroatoms. The van der Waals surface area contributed by atoms with E-state index in [1.54, 1.807) is 6.07 Å². The molecule has 0 aliphatic heterocycles. The lowest BCUT2D eigenvalue weighted by Crippen LogP contribution is -2.11. The number of ether oxygens (including phenoxy) is 2. The Balaban J connectivity index is 2.21. The van der Waals surface area contributed by atoms with E-state index in [1.807, 2.05) is 25.1 Å². The quantitative estimate of drug-likeness (QED) is 0.602. The van der Waals surface area contributed by atoms with Gasteiger partial charge in [-0.3, -0.25) is 0 Å². The molecule has 1 heterocycles. The minimum Gasteiger partial charge on any atom is -0.439 e. The Labute approximate surface area is 124 Å². The van der Waals surface area contributed by atoms with Gasteiger partial charge in [-0.2, -0.15) is 4.98 Å². The highest BCUT2D eigenvalue weighted by Gasteiger charge is 2.07. The van der Waals surface area contributed by atoms with Crippen molar-refractivity contribution in [3.8, 4) is 11.6 Å². The number of nitrogens with zero attached hydrogens (tertiary/aromatic N) is 2. The smallest absolute Gasteiger partial charge is 0.224 e. The predicted molar refractivity (Wildman–Crippen MR) is 81.1 cm³/mol. The standard InChI is InChI=1S/C15H20N4O2/c1-3-11-6-5-7-12(8-11)21-15-9-13(19-16)17-14(18-15)10-20-4-2/h5-9H,3-4,10,16H2,1-2H3,(H,17,18,19). The maximum Gasteiger partial charge on any atom is 0.224 e. The summed E-state index contributed by atoms with van der Waals surface area (Å²) in [5, 5.41) is 0. The highest BCUT2D eigenvalue weighted by molar-refractivity contribution is 5.39. The van der Waals surface area contributed by atoms with Gasteiger partial charge in [0.25, 0.3) is 0 Å². The SMILES string of the molecule is CCOCc1nc(NN)cc(Oc2cccc(CC)c2)n1. The summed E-state index contributed by atoms with van der Waals surface area (Å²) < 4.78 is 11.1. The van der Waals surface area contributed by atoms with Crippen LogP contribution in [0, 0.1) is 0 Å². The van der Waals surface area contributed by atoms with Crippen LogP contribution in [-0.4, -0.2) is 16.6 Å². The van der Waals surface area contributed by atoms with Crippen LogP contribution in [-0.2, 0) is 17.8 Å². The fourth-order valence-electron chi connectivity index (χ4n) is 1.81. The summed E-state index contributed by atoms with van der Waals surface area (Å²) in [4.78, 5) is 8.53. The lowest BCUT2D eigenvalue weighted by molar-refractivity contribution is 0.128. The van der Waals surface area contributed by atoms with Crippen LogP contribution in [0.2, 0.25) is 0 Å². The topological polar surface area (TPSA) is 82.3 Å². The fourth-order valence-corrected chi connectivity index (χ4v) is 1.81. The molecular formula is C15H20N4O2. The average Bonchev–Trinajstić information content (AvgIpc) is 2.52. The molecule has 0 unspecified atom stereocenters. The van der Waals surface area contributed by atoms with Crippen LogP contribution in [0.1, 0.15) is 25.2 Å². The van der Waals surface area contributed by atoms with Gasteiger partial charge in [0.05, 0.1) is 0 Å². The van der Waals surface area contributed by atoms with Gasteiger partial charge in [-0.05, 0) is 31.0 Å². The lowest BCUT2D eigenvalue weighted by atomic mass is 10.2. The van der Waals surface area contributed by atoms with Crippen molar-refractivity contribution < 1.29 is 9.47 Å². The molecule has 0 fully saturated rings. The summed E-state index contributed by atoms with van der Waals surface area (Å²) in [6.07, 6.45) is 0.951. The first-order valence-corrected chi connectivity index (χ1v) is 6.94. The zero-order valence-electron chi connectivity index (χ0n) is 12.3. The Bertz CT molecular complexity index is 590. The van der Waals surface area contributed by atoms with Gasteiger partial charge in [-0.25, -0.2) is 10.8 Å². The molecular weight excluding hydrogens is 268 g/mol. The van der Waals surface area contributed by atoms with E-state index in [-0.39, 0.29) is 0 Å². The van der Waals surface area contributed by atoms with E-state index in [2.05, 4.69) is 28.4 Å². The molecule has 0 aliphatic carbocycles.